The second-order valence-corrected chi connectivity index (χ2v) is 7.44. The van der Waals surface area contributed by atoms with E-state index >= 15 is 0 Å². The Morgan fingerprint density at radius 2 is 2.13 bits per heavy atom. The van der Waals surface area contributed by atoms with Gasteiger partial charge in [0.05, 0.1) is 6.04 Å². The average Bonchev–Trinajstić information content (AvgIpc) is 2.58. The van der Waals surface area contributed by atoms with Gasteiger partial charge in [0.15, 0.2) is 0 Å². The van der Waals surface area contributed by atoms with E-state index in [2.05, 4.69) is 5.32 Å². The molecule has 0 aliphatic heterocycles. The Labute approximate surface area is 142 Å². The lowest BCUT2D eigenvalue weighted by Gasteiger charge is -2.38. The number of rotatable bonds is 7. The molecule has 0 saturated heterocycles. The highest BCUT2D eigenvalue weighted by Gasteiger charge is 2.34. The van der Waals surface area contributed by atoms with Crippen LogP contribution in [0.2, 0.25) is 0 Å². The van der Waals surface area contributed by atoms with Crippen LogP contribution in [0.15, 0.2) is 24.3 Å². The smallest absolute Gasteiger partial charge is 0.236 e. The molecule has 0 radical (unpaired) electrons. The first kappa shape index (κ1) is 18.3. The van der Waals surface area contributed by atoms with E-state index in [1.165, 1.54) is 12.5 Å². The van der Waals surface area contributed by atoms with Crippen molar-refractivity contribution in [1.82, 2.24) is 5.32 Å². The first-order chi connectivity index (χ1) is 11.1. The molecule has 0 heterocycles. The third-order valence-electron chi connectivity index (χ3n) is 4.82. The number of thioether (sulfide) groups is 1. The number of amides is 1. The standard InChI is InChI=1S/C18H27FN2OS/c1-23-11-8-16(20)17(22)21-13-18(9-3-2-4-10-18)14-6-5-7-15(19)12-14/h5-7,12,16H,2-4,8-11,13,20H2,1H3,(H,21,22)/t16-/m0/s1. The van der Waals surface area contributed by atoms with Gasteiger partial charge in [-0.15, -0.1) is 0 Å². The molecule has 0 unspecified atom stereocenters. The van der Waals surface area contributed by atoms with E-state index in [0.29, 0.717) is 13.0 Å². The third kappa shape index (κ3) is 4.95. The van der Waals surface area contributed by atoms with Crippen molar-refractivity contribution in [3.63, 3.8) is 0 Å². The summed E-state index contributed by atoms with van der Waals surface area (Å²) in [5.74, 6) is 0.569. The molecule has 1 aliphatic carbocycles. The predicted molar refractivity (Wildman–Crippen MR) is 95.1 cm³/mol. The van der Waals surface area contributed by atoms with Crippen LogP contribution in [0, 0.1) is 5.82 Å². The Morgan fingerprint density at radius 3 is 2.78 bits per heavy atom. The summed E-state index contributed by atoms with van der Waals surface area (Å²) in [5.41, 5.74) is 6.78. The molecule has 128 valence electrons. The number of hydrogen-bond acceptors (Lipinski definition) is 3. The molecular weight excluding hydrogens is 311 g/mol. The summed E-state index contributed by atoms with van der Waals surface area (Å²) in [6.45, 7) is 0.544. The van der Waals surface area contributed by atoms with Crippen LogP contribution in [-0.4, -0.2) is 30.5 Å². The highest BCUT2D eigenvalue weighted by Crippen LogP contribution is 2.39. The minimum atomic E-state index is -0.462. The number of carbonyl (C=O) groups is 1. The fraction of sp³-hybridized carbons (Fsp3) is 0.611. The van der Waals surface area contributed by atoms with E-state index in [1.54, 1.807) is 23.9 Å². The Balaban J connectivity index is 2.06. The van der Waals surface area contributed by atoms with E-state index in [1.807, 2.05) is 12.3 Å². The molecule has 1 amide bonds. The van der Waals surface area contributed by atoms with Crippen molar-refractivity contribution >= 4 is 17.7 Å². The average molecular weight is 338 g/mol. The topological polar surface area (TPSA) is 55.1 Å². The van der Waals surface area contributed by atoms with Gasteiger partial charge in [0.1, 0.15) is 5.82 Å². The molecule has 1 aliphatic rings. The highest BCUT2D eigenvalue weighted by atomic mass is 32.2. The monoisotopic (exact) mass is 338 g/mol. The fourth-order valence-electron chi connectivity index (χ4n) is 3.38. The molecule has 1 aromatic carbocycles. The first-order valence-electron chi connectivity index (χ1n) is 8.36. The molecular formula is C18H27FN2OS. The van der Waals surface area contributed by atoms with Crippen LogP contribution in [0.4, 0.5) is 4.39 Å². The molecule has 0 spiro atoms. The summed E-state index contributed by atoms with van der Waals surface area (Å²) < 4.78 is 13.6. The normalized spacial score (nSPS) is 18.4. The Morgan fingerprint density at radius 1 is 1.39 bits per heavy atom. The van der Waals surface area contributed by atoms with Gasteiger partial charge in [-0.25, -0.2) is 4.39 Å². The van der Waals surface area contributed by atoms with Crippen LogP contribution in [0.5, 0.6) is 0 Å². The summed E-state index contributed by atoms with van der Waals surface area (Å²) in [4.78, 5) is 12.2. The Bertz CT molecular complexity index is 517. The largest absolute Gasteiger partial charge is 0.354 e. The van der Waals surface area contributed by atoms with Crippen molar-refractivity contribution in [2.45, 2.75) is 50.0 Å². The van der Waals surface area contributed by atoms with Gasteiger partial charge in [-0.1, -0.05) is 31.4 Å². The molecule has 2 rings (SSSR count). The maximum absolute atomic E-state index is 13.6. The molecule has 1 fully saturated rings. The van der Waals surface area contributed by atoms with Gasteiger partial charge in [0.25, 0.3) is 0 Å². The van der Waals surface area contributed by atoms with E-state index in [0.717, 1.165) is 37.0 Å². The van der Waals surface area contributed by atoms with Gasteiger partial charge in [-0.05, 0) is 49.0 Å². The minimum Gasteiger partial charge on any atom is -0.354 e. The molecule has 5 heteroatoms. The van der Waals surface area contributed by atoms with Crippen LogP contribution < -0.4 is 11.1 Å². The van der Waals surface area contributed by atoms with Gasteiger partial charge in [-0.2, -0.15) is 11.8 Å². The summed E-state index contributed by atoms with van der Waals surface area (Å²) in [5, 5.41) is 3.02. The zero-order valence-corrected chi connectivity index (χ0v) is 14.6. The number of hydrogen-bond donors (Lipinski definition) is 2. The van der Waals surface area contributed by atoms with Crippen LogP contribution in [0.25, 0.3) is 0 Å². The summed E-state index contributed by atoms with van der Waals surface area (Å²) >= 11 is 1.69. The second kappa shape index (κ2) is 8.69. The fourth-order valence-corrected chi connectivity index (χ4v) is 3.87. The molecule has 0 bridgehead atoms. The second-order valence-electron chi connectivity index (χ2n) is 6.46. The van der Waals surface area contributed by atoms with Crippen molar-refractivity contribution in [3.8, 4) is 0 Å². The number of halogens is 1. The van der Waals surface area contributed by atoms with Crippen molar-refractivity contribution in [1.29, 1.82) is 0 Å². The maximum Gasteiger partial charge on any atom is 0.236 e. The zero-order valence-electron chi connectivity index (χ0n) is 13.8. The molecule has 0 aromatic heterocycles. The number of carbonyl (C=O) groups excluding carboxylic acids is 1. The van der Waals surface area contributed by atoms with Gasteiger partial charge >= 0.3 is 0 Å². The molecule has 1 aromatic rings. The number of benzene rings is 1. The van der Waals surface area contributed by atoms with E-state index < -0.39 is 6.04 Å². The zero-order chi connectivity index (χ0) is 16.7. The first-order valence-corrected chi connectivity index (χ1v) is 9.75. The van der Waals surface area contributed by atoms with Gasteiger partial charge in [-0.3, -0.25) is 4.79 Å². The predicted octanol–water partition coefficient (Wildman–Crippen LogP) is 3.22. The van der Waals surface area contributed by atoms with Gasteiger partial charge in [0, 0.05) is 12.0 Å². The lowest BCUT2D eigenvalue weighted by atomic mass is 9.69. The van der Waals surface area contributed by atoms with Crippen LogP contribution in [0.3, 0.4) is 0 Å². The summed E-state index contributed by atoms with van der Waals surface area (Å²) in [6.07, 6.45) is 8.09. The van der Waals surface area contributed by atoms with Crippen molar-refractivity contribution in [2.24, 2.45) is 5.73 Å². The van der Waals surface area contributed by atoms with Gasteiger partial charge < -0.3 is 11.1 Å². The molecule has 1 atom stereocenters. The third-order valence-corrected chi connectivity index (χ3v) is 5.46. The molecule has 3 N–H and O–H groups in total. The highest BCUT2D eigenvalue weighted by molar-refractivity contribution is 7.98. The van der Waals surface area contributed by atoms with Crippen LogP contribution >= 0.6 is 11.8 Å². The van der Waals surface area contributed by atoms with E-state index in [-0.39, 0.29) is 17.1 Å². The van der Waals surface area contributed by atoms with E-state index in [9.17, 15) is 9.18 Å². The van der Waals surface area contributed by atoms with Crippen molar-refractivity contribution < 1.29 is 9.18 Å². The summed E-state index contributed by atoms with van der Waals surface area (Å²) in [6, 6.07) is 6.36. The Hall–Kier alpha value is -1.07. The Kier molecular flexibility index (Phi) is 6.90. The van der Waals surface area contributed by atoms with Gasteiger partial charge in [0.2, 0.25) is 5.91 Å². The van der Waals surface area contributed by atoms with Crippen LogP contribution in [-0.2, 0) is 10.2 Å². The summed E-state index contributed by atoms with van der Waals surface area (Å²) in [7, 11) is 0. The number of nitrogens with two attached hydrogens (primary N) is 1. The van der Waals surface area contributed by atoms with Crippen molar-refractivity contribution in [3.05, 3.63) is 35.6 Å². The van der Waals surface area contributed by atoms with Crippen LogP contribution in [0.1, 0.15) is 44.1 Å². The van der Waals surface area contributed by atoms with Crippen molar-refractivity contribution in [2.75, 3.05) is 18.6 Å². The van der Waals surface area contributed by atoms with E-state index in [4.69, 9.17) is 5.73 Å². The molecule has 1 saturated carbocycles. The maximum atomic E-state index is 13.6. The molecule has 23 heavy (non-hydrogen) atoms. The quantitative estimate of drug-likeness (QED) is 0.802. The lowest BCUT2D eigenvalue weighted by molar-refractivity contribution is -0.122. The molecule has 3 nitrogen and oxygen atoms in total. The lowest BCUT2D eigenvalue weighted by Crippen LogP contribution is -2.47. The number of nitrogens with one attached hydrogen (secondary N) is 1. The minimum absolute atomic E-state index is 0.0969. The SMILES string of the molecule is CSCC[C@H](N)C(=O)NCC1(c2cccc(F)c2)CCCCC1.